The van der Waals surface area contributed by atoms with E-state index in [9.17, 15) is 19.2 Å². The third-order valence-electron chi connectivity index (χ3n) is 5.32. The maximum absolute atomic E-state index is 13.0. The molecule has 6 N–H and O–H groups in total. The molecule has 0 unspecified atom stereocenters. The van der Waals surface area contributed by atoms with Crippen LogP contribution in [0.5, 0.6) is 0 Å². The first-order valence-corrected chi connectivity index (χ1v) is 12.9. The number of carbonyl (C=O) groups excluding carboxylic acids is 3. The van der Waals surface area contributed by atoms with E-state index in [1.165, 1.54) is 25.2 Å². The molecule has 0 saturated carbocycles. The Bertz CT molecular complexity index is 1410. The summed E-state index contributed by atoms with van der Waals surface area (Å²) in [6.07, 6.45) is -0.157. The molecule has 4 amide bonds. The number of carboxylic acid groups (broad SMARTS) is 2. The zero-order chi connectivity index (χ0) is 30.5. The molecule has 0 bridgehead atoms. The van der Waals surface area contributed by atoms with Gasteiger partial charge in [0.15, 0.2) is 10.9 Å². The van der Waals surface area contributed by atoms with Crippen molar-refractivity contribution in [2.24, 2.45) is 10.7 Å². The minimum absolute atomic E-state index is 0.0651. The summed E-state index contributed by atoms with van der Waals surface area (Å²) in [4.78, 5) is 66.3. The first-order valence-electron chi connectivity index (χ1n) is 12.1. The number of carbonyl (C=O) groups is 5. The van der Waals surface area contributed by atoms with Gasteiger partial charge in [-0.25, -0.2) is 19.6 Å². The number of amides is 4. The number of aryl methyl sites for hydroxylation is 2. The van der Waals surface area contributed by atoms with Crippen molar-refractivity contribution < 1.29 is 34.2 Å². The monoisotopic (exact) mass is 582 g/mol. The Hall–Kier alpha value is -5.11. The van der Waals surface area contributed by atoms with Crippen molar-refractivity contribution >= 4 is 58.3 Å². The minimum atomic E-state index is -1.33. The van der Waals surface area contributed by atoms with Gasteiger partial charge in [0, 0.05) is 30.0 Å². The number of aromatic nitrogens is 1. The molecule has 0 fully saturated rings. The highest BCUT2D eigenvalue weighted by Gasteiger charge is 2.18. The van der Waals surface area contributed by atoms with Crippen molar-refractivity contribution in [1.82, 2.24) is 15.2 Å². The van der Waals surface area contributed by atoms with Crippen molar-refractivity contribution in [3.05, 3.63) is 75.8 Å². The number of thiazole rings is 1. The van der Waals surface area contributed by atoms with Crippen LogP contribution in [0.15, 0.2) is 53.5 Å². The van der Waals surface area contributed by atoms with Gasteiger partial charge in [-0.05, 0) is 49.6 Å². The average molecular weight is 583 g/mol. The van der Waals surface area contributed by atoms with Gasteiger partial charge in [0.2, 0.25) is 5.91 Å². The molecule has 1 aromatic heterocycles. The van der Waals surface area contributed by atoms with Crippen LogP contribution in [0.3, 0.4) is 0 Å². The third-order valence-corrected chi connectivity index (χ3v) is 6.31. The first kappa shape index (κ1) is 32.1. The zero-order valence-corrected chi connectivity index (χ0v) is 23.4. The van der Waals surface area contributed by atoms with Gasteiger partial charge in [-0.2, -0.15) is 0 Å². The van der Waals surface area contributed by atoms with E-state index in [0.29, 0.717) is 41.3 Å². The number of ketones is 1. The molecule has 0 aliphatic carbocycles. The molecule has 0 spiro atoms. The first-order chi connectivity index (χ1) is 19.3. The fourth-order valence-electron chi connectivity index (χ4n) is 3.43. The number of aliphatic imine (C=N–C) groups is 1. The van der Waals surface area contributed by atoms with Crippen molar-refractivity contribution in [1.29, 1.82) is 0 Å². The highest BCUT2D eigenvalue weighted by atomic mass is 32.1. The number of nitrogens with one attached hydrogen (secondary N) is 2. The van der Waals surface area contributed by atoms with Crippen LogP contribution >= 0.6 is 11.3 Å². The quantitative estimate of drug-likeness (QED) is 0.134. The summed E-state index contributed by atoms with van der Waals surface area (Å²) in [5.41, 5.74) is 7.46. The SMILES string of the molecule is CC(=O)Nc1nc(CCc2ccc(N=CNC(=O)O)cc2)c(CN(C)C(=O)c2ccc(C(C)=O)cc2)s1.NC(=O)O. The predicted octanol–water partition coefficient (Wildman–Crippen LogP) is 3.91. The number of benzene rings is 2. The van der Waals surface area contributed by atoms with E-state index in [2.05, 4.69) is 26.3 Å². The van der Waals surface area contributed by atoms with Gasteiger partial charge in [-0.3, -0.25) is 19.7 Å². The van der Waals surface area contributed by atoms with E-state index in [-0.39, 0.29) is 17.6 Å². The standard InChI is InChI=1S/C26H27N5O5S.CH3NO2/c1-16(32)19-7-9-20(10-8-19)24(34)31(3)14-23-22(30-25(37-23)29-17(2)33)13-6-18-4-11-21(12-5-18)27-15-28-26(35)36;2-1(3)4/h4-5,7-12,15H,6,13-14H2,1-3H3,(H,27,28)(H,35,36)(H,29,30,33);2H2,(H,3,4). The summed E-state index contributed by atoms with van der Waals surface area (Å²) in [5, 5.41) is 21.0. The molecule has 13 nitrogen and oxygen atoms in total. The van der Waals surface area contributed by atoms with Crippen LogP contribution in [0, 0.1) is 0 Å². The number of anilines is 1. The van der Waals surface area contributed by atoms with Crippen LogP contribution < -0.4 is 16.4 Å². The van der Waals surface area contributed by atoms with Crippen molar-refractivity contribution in [2.75, 3.05) is 12.4 Å². The summed E-state index contributed by atoms with van der Waals surface area (Å²) in [6.45, 7) is 3.20. The predicted molar refractivity (Wildman–Crippen MR) is 154 cm³/mol. The molecule has 41 heavy (non-hydrogen) atoms. The maximum Gasteiger partial charge on any atom is 0.409 e. The lowest BCUT2D eigenvalue weighted by Gasteiger charge is -2.17. The number of nitrogens with zero attached hydrogens (tertiary/aromatic N) is 3. The second kappa shape index (κ2) is 15.5. The van der Waals surface area contributed by atoms with E-state index < -0.39 is 12.2 Å². The van der Waals surface area contributed by atoms with Gasteiger partial charge in [0.05, 0.1) is 24.3 Å². The molecule has 1 heterocycles. The Morgan fingerprint density at radius 1 is 0.976 bits per heavy atom. The van der Waals surface area contributed by atoms with Gasteiger partial charge in [-0.15, -0.1) is 0 Å². The van der Waals surface area contributed by atoms with Crippen molar-refractivity contribution in [3.8, 4) is 0 Å². The van der Waals surface area contributed by atoms with Crippen LogP contribution in [-0.2, 0) is 24.2 Å². The molecule has 0 atom stereocenters. The Balaban J connectivity index is 0.00000138. The molecule has 0 saturated heterocycles. The Kier molecular flexibility index (Phi) is 12.1. The number of hydrogen-bond donors (Lipinski definition) is 5. The van der Waals surface area contributed by atoms with Crippen LogP contribution in [-0.4, -0.2) is 63.3 Å². The van der Waals surface area contributed by atoms with E-state index in [1.54, 1.807) is 48.3 Å². The largest absolute Gasteiger partial charge is 0.465 e. The second-order valence-electron chi connectivity index (χ2n) is 8.58. The van der Waals surface area contributed by atoms with Gasteiger partial charge in [-0.1, -0.05) is 35.6 Å². The number of hydrogen-bond acceptors (Lipinski definition) is 8. The Morgan fingerprint density at radius 2 is 1.56 bits per heavy atom. The summed E-state index contributed by atoms with van der Waals surface area (Å²) >= 11 is 1.33. The average Bonchev–Trinajstić information content (AvgIpc) is 3.27. The van der Waals surface area contributed by atoms with E-state index in [4.69, 9.17) is 15.0 Å². The van der Waals surface area contributed by atoms with Crippen molar-refractivity contribution in [3.63, 3.8) is 0 Å². The highest BCUT2D eigenvalue weighted by Crippen LogP contribution is 2.26. The molecule has 3 rings (SSSR count). The second-order valence-corrected chi connectivity index (χ2v) is 9.66. The fraction of sp³-hybridized carbons (Fsp3) is 0.222. The lowest BCUT2D eigenvalue weighted by Crippen LogP contribution is -2.26. The lowest BCUT2D eigenvalue weighted by atomic mass is 10.1. The van der Waals surface area contributed by atoms with Crippen LogP contribution in [0.4, 0.5) is 20.4 Å². The molecular formula is C27H30N6O7S. The summed E-state index contributed by atoms with van der Waals surface area (Å²) in [5.74, 6) is -0.482. The topological polar surface area (TPSA) is 204 Å². The fourth-order valence-corrected chi connectivity index (χ4v) is 4.54. The third kappa shape index (κ3) is 11.3. The summed E-state index contributed by atoms with van der Waals surface area (Å²) in [6, 6.07) is 13.9. The molecular weight excluding hydrogens is 552 g/mol. The highest BCUT2D eigenvalue weighted by molar-refractivity contribution is 7.15. The number of rotatable bonds is 10. The molecule has 14 heteroatoms. The number of nitrogens with two attached hydrogens (primary N) is 1. The van der Waals surface area contributed by atoms with Gasteiger partial charge in [0.25, 0.3) is 5.91 Å². The summed E-state index contributed by atoms with van der Waals surface area (Å²) < 4.78 is 0. The maximum atomic E-state index is 13.0. The van der Waals surface area contributed by atoms with Gasteiger partial charge in [0.1, 0.15) is 0 Å². The van der Waals surface area contributed by atoms with E-state index >= 15 is 0 Å². The van der Waals surface area contributed by atoms with Crippen LogP contribution in [0.1, 0.15) is 50.7 Å². The molecule has 0 aliphatic heterocycles. The normalized spacial score (nSPS) is 10.3. The van der Waals surface area contributed by atoms with Crippen LogP contribution in [0.2, 0.25) is 0 Å². The summed E-state index contributed by atoms with van der Waals surface area (Å²) in [7, 11) is 1.70. The minimum Gasteiger partial charge on any atom is -0.465 e. The molecule has 216 valence electrons. The number of Topliss-reactive ketones (excluding diaryl/α,β-unsaturated/α-hetero) is 1. The number of primary amides is 1. The smallest absolute Gasteiger partial charge is 0.409 e. The van der Waals surface area contributed by atoms with Gasteiger partial charge < -0.3 is 26.2 Å². The van der Waals surface area contributed by atoms with Crippen molar-refractivity contribution in [2.45, 2.75) is 33.2 Å². The van der Waals surface area contributed by atoms with E-state index in [1.807, 2.05) is 12.1 Å². The Labute approximate surface area is 239 Å². The lowest BCUT2D eigenvalue weighted by molar-refractivity contribution is -0.114. The van der Waals surface area contributed by atoms with Gasteiger partial charge >= 0.3 is 12.2 Å². The van der Waals surface area contributed by atoms with Crippen LogP contribution in [0.25, 0.3) is 0 Å². The molecule has 3 aromatic rings. The molecule has 0 aliphatic rings. The molecule has 0 radical (unpaired) electrons. The van der Waals surface area contributed by atoms with E-state index in [0.717, 1.165) is 22.5 Å². The Morgan fingerprint density at radius 3 is 2.10 bits per heavy atom. The molecule has 2 aromatic carbocycles. The zero-order valence-electron chi connectivity index (χ0n) is 22.6.